The Morgan fingerprint density at radius 1 is 1.11 bits per heavy atom. The largest absolute Gasteiger partial charge is 0.465 e. The molecule has 1 aliphatic heterocycles. The molecule has 1 saturated heterocycles. The summed E-state index contributed by atoms with van der Waals surface area (Å²) in [5.74, 6) is 0.231. The number of rotatable bonds is 3. The van der Waals surface area contributed by atoms with Crippen LogP contribution in [0.5, 0.6) is 0 Å². The van der Waals surface area contributed by atoms with Crippen molar-refractivity contribution in [2.75, 3.05) is 4.90 Å². The lowest BCUT2D eigenvalue weighted by molar-refractivity contribution is -0.113. The lowest BCUT2D eigenvalue weighted by atomic mass is 10.3. The molecule has 6 nitrogen and oxygen atoms in total. The Kier molecular flexibility index (Phi) is 4.37. The van der Waals surface area contributed by atoms with Crippen molar-refractivity contribution >= 4 is 46.0 Å². The van der Waals surface area contributed by atoms with E-state index in [1.165, 1.54) is 15.8 Å². The molecule has 0 aliphatic carbocycles. The number of carbonyl (C=O) groups excluding carboxylic acids is 1. The molecule has 1 aromatic carbocycles. The second-order valence-electron chi connectivity index (χ2n) is 5.94. The maximum absolute atomic E-state index is 13.2. The van der Waals surface area contributed by atoms with E-state index in [2.05, 4.69) is 0 Å². The monoisotopic (exact) mass is 397 g/mol. The normalized spacial score (nSPS) is 15.9. The zero-order valence-corrected chi connectivity index (χ0v) is 16.2. The van der Waals surface area contributed by atoms with Crippen molar-refractivity contribution in [3.63, 3.8) is 0 Å². The zero-order chi connectivity index (χ0) is 19.1. The van der Waals surface area contributed by atoms with Crippen molar-refractivity contribution < 1.29 is 9.21 Å². The van der Waals surface area contributed by atoms with Gasteiger partial charge in [0.25, 0.3) is 11.5 Å². The molecule has 27 heavy (non-hydrogen) atoms. The summed E-state index contributed by atoms with van der Waals surface area (Å²) in [6.45, 7) is 1.80. The van der Waals surface area contributed by atoms with Gasteiger partial charge in [-0.3, -0.25) is 19.2 Å². The highest BCUT2D eigenvalue weighted by atomic mass is 32.2. The van der Waals surface area contributed by atoms with Crippen LogP contribution in [0.1, 0.15) is 11.5 Å². The van der Waals surface area contributed by atoms with E-state index in [0.29, 0.717) is 20.7 Å². The summed E-state index contributed by atoms with van der Waals surface area (Å²) in [7, 11) is 1.78. The van der Waals surface area contributed by atoms with Crippen LogP contribution < -0.4 is 10.5 Å². The molecule has 0 bridgehead atoms. The topological polar surface area (TPSA) is 60.4 Å². The minimum atomic E-state index is -0.326. The van der Waals surface area contributed by atoms with Gasteiger partial charge in [0.1, 0.15) is 11.4 Å². The van der Waals surface area contributed by atoms with Crippen LogP contribution in [-0.2, 0) is 11.8 Å². The van der Waals surface area contributed by atoms with Gasteiger partial charge < -0.3 is 4.42 Å². The Labute approximate surface area is 164 Å². The molecule has 0 N–H and O–H groups in total. The maximum atomic E-state index is 13.2. The molecule has 0 unspecified atom stereocenters. The summed E-state index contributed by atoms with van der Waals surface area (Å²) in [4.78, 5) is 27.8. The van der Waals surface area contributed by atoms with E-state index in [9.17, 15) is 9.59 Å². The predicted molar refractivity (Wildman–Crippen MR) is 110 cm³/mol. The van der Waals surface area contributed by atoms with Crippen LogP contribution in [0.2, 0.25) is 0 Å². The van der Waals surface area contributed by atoms with Crippen LogP contribution in [0.15, 0.2) is 62.8 Å². The summed E-state index contributed by atoms with van der Waals surface area (Å²) in [6, 6.07) is 12.8. The van der Waals surface area contributed by atoms with Gasteiger partial charge in [0.15, 0.2) is 4.32 Å². The number of nitrogens with zero attached hydrogens (tertiary/aromatic N) is 3. The molecule has 2 aromatic heterocycles. The Hall–Kier alpha value is -2.84. The van der Waals surface area contributed by atoms with Crippen molar-refractivity contribution in [3.05, 3.63) is 75.4 Å². The lowest BCUT2D eigenvalue weighted by Gasteiger charge is -2.12. The van der Waals surface area contributed by atoms with E-state index in [1.807, 2.05) is 30.3 Å². The quantitative estimate of drug-likeness (QED) is 0.500. The molecular weight excluding hydrogens is 382 g/mol. The molecule has 0 spiro atoms. The van der Waals surface area contributed by atoms with Gasteiger partial charge in [0, 0.05) is 13.1 Å². The highest BCUT2D eigenvalue weighted by Gasteiger charge is 2.37. The molecule has 0 radical (unpaired) electrons. The summed E-state index contributed by atoms with van der Waals surface area (Å²) in [5.41, 5.74) is 1.35. The molecule has 1 fully saturated rings. The highest BCUT2D eigenvalue weighted by Crippen LogP contribution is 2.36. The number of thioether (sulfide) groups is 1. The van der Waals surface area contributed by atoms with E-state index in [4.69, 9.17) is 16.6 Å². The summed E-state index contributed by atoms with van der Waals surface area (Å²) in [6.07, 6.45) is 3.17. The van der Waals surface area contributed by atoms with Crippen LogP contribution in [0, 0.1) is 6.92 Å². The molecule has 1 aliphatic rings. The number of carbonyl (C=O) groups is 1. The summed E-state index contributed by atoms with van der Waals surface area (Å²) >= 11 is 6.55. The minimum absolute atomic E-state index is 0.270. The Morgan fingerprint density at radius 3 is 2.52 bits per heavy atom. The molecule has 8 heteroatoms. The first kappa shape index (κ1) is 17.6. The molecular formula is C19H15N3O3S2. The smallest absolute Gasteiger partial charge is 0.296 e. The fraction of sp³-hybridized carbons (Fsp3) is 0.105. The number of benzene rings is 1. The van der Waals surface area contributed by atoms with Crippen molar-refractivity contribution in [2.45, 2.75) is 6.92 Å². The van der Waals surface area contributed by atoms with E-state index >= 15 is 0 Å². The molecule has 3 aromatic rings. The molecule has 1 amide bonds. The first-order valence-corrected chi connectivity index (χ1v) is 9.37. The minimum Gasteiger partial charge on any atom is -0.465 e. The van der Waals surface area contributed by atoms with Gasteiger partial charge in [0.05, 0.1) is 22.5 Å². The number of anilines is 1. The second-order valence-corrected chi connectivity index (χ2v) is 7.62. The first-order valence-electron chi connectivity index (χ1n) is 8.14. The number of furan rings is 1. The fourth-order valence-corrected chi connectivity index (χ4v) is 4.23. The van der Waals surface area contributed by atoms with Crippen LogP contribution in [0.4, 0.5) is 5.69 Å². The van der Waals surface area contributed by atoms with Gasteiger partial charge in [-0.2, -0.15) is 0 Å². The highest BCUT2D eigenvalue weighted by molar-refractivity contribution is 8.27. The van der Waals surface area contributed by atoms with Crippen LogP contribution in [-0.4, -0.2) is 19.6 Å². The summed E-state index contributed by atoms with van der Waals surface area (Å²) < 4.78 is 8.85. The van der Waals surface area contributed by atoms with Gasteiger partial charge in [-0.05, 0) is 31.2 Å². The van der Waals surface area contributed by atoms with E-state index in [1.54, 1.807) is 36.9 Å². The van der Waals surface area contributed by atoms with Gasteiger partial charge in [-0.1, -0.05) is 42.2 Å². The Balaban J connectivity index is 1.82. The van der Waals surface area contributed by atoms with Crippen molar-refractivity contribution in [1.29, 1.82) is 0 Å². The number of thiocarbonyl (C=S) groups is 1. The SMILES string of the molecule is Cc1c(N2C(=O)/C(=C\c3ccco3)SC2=S)c(=O)n(-c2ccccc2)n1C. The zero-order valence-electron chi connectivity index (χ0n) is 14.6. The van der Waals surface area contributed by atoms with Crippen molar-refractivity contribution in [2.24, 2.45) is 7.05 Å². The van der Waals surface area contributed by atoms with E-state index < -0.39 is 0 Å². The first-order chi connectivity index (χ1) is 13.0. The Bertz CT molecular complexity index is 1130. The number of amides is 1. The third kappa shape index (κ3) is 2.87. The summed E-state index contributed by atoms with van der Waals surface area (Å²) in [5, 5.41) is 0. The van der Waals surface area contributed by atoms with Crippen LogP contribution in [0.3, 0.4) is 0 Å². The number of para-hydroxylation sites is 1. The third-order valence-corrected chi connectivity index (χ3v) is 5.66. The van der Waals surface area contributed by atoms with Gasteiger partial charge >= 0.3 is 0 Å². The number of hydrogen-bond donors (Lipinski definition) is 0. The van der Waals surface area contributed by atoms with Crippen molar-refractivity contribution in [1.82, 2.24) is 9.36 Å². The average Bonchev–Trinajstić information content (AvgIpc) is 3.31. The fourth-order valence-electron chi connectivity index (χ4n) is 2.97. The predicted octanol–water partition coefficient (Wildman–Crippen LogP) is 3.48. The van der Waals surface area contributed by atoms with E-state index in [-0.39, 0.29) is 17.2 Å². The molecule has 136 valence electrons. The molecule has 3 heterocycles. The van der Waals surface area contributed by atoms with Gasteiger partial charge in [-0.25, -0.2) is 4.68 Å². The van der Waals surface area contributed by atoms with Crippen molar-refractivity contribution in [3.8, 4) is 5.69 Å². The standard InChI is InChI=1S/C19H15N3O3S2/c1-12-16(18(24)22(20(12)2)13-7-4-3-5-8-13)21-17(23)15(27-19(21)26)11-14-9-6-10-25-14/h3-11H,1-2H3/b15-11+. The number of hydrogen-bond acceptors (Lipinski definition) is 5. The molecule has 0 saturated carbocycles. The maximum Gasteiger partial charge on any atom is 0.296 e. The van der Waals surface area contributed by atoms with E-state index in [0.717, 1.165) is 17.4 Å². The van der Waals surface area contributed by atoms with Gasteiger partial charge in [0.2, 0.25) is 0 Å². The van der Waals surface area contributed by atoms with Gasteiger partial charge in [-0.15, -0.1) is 0 Å². The van der Waals surface area contributed by atoms with Crippen LogP contribution >= 0.6 is 24.0 Å². The average molecular weight is 397 g/mol. The lowest BCUT2D eigenvalue weighted by Crippen LogP contribution is -2.33. The molecule has 0 atom stereocenters. The molecule has 4 rings (SSSR count). The Morgan fingerprint density at radius 2 is 1.85 bits per heavy atom. The van der Waals surface area contributed by atoms with Crippen LogP contribution in [0.25, 0.3) is 11.8 Å². The number of aromatic nitrogens is 2. The third-order valence-electron chi connectivity index (χ3n) is 4.36. The second kappa shape index (κ2) is 6.71.